The fraction of sp³-hybridized carbons (Fsp3) is 0.947. The Bertz CT molecular complexity index is 492. The summed E-state index contributed by atoms with van der Waals surface area (Å²) in [6.45, 7) is 4.68. The number of alkyl halides is 1. The first kappa shape index (κ1) is 15.4. The molecule has 0 aromatic heterocycles. The van der Waals surface area contributed by atoms with Crippen molar-refractivity contribution >= 4 is 17.4 Å². The molecule has 0 aliphatic heterocycles. The summed E-state index contributed by atoms with van der Waals surface area (Å²) >= 11 is 6.37. The van der Waals surface area contributed by atoms with Crippen LogP contribution < -0.4 is 0 Å². The van der Waals surface area contributed by atoms with Crippen molar-refractivity contribution in [3.05, 3.63) is 0 Å². The van der Waals surface area contributed by atoms with Crippen LogP contribution in [0.5, 0.6) is 0 Å². The predicted octanol–water partition coefficient (Wildman–Crippen LogP) is 4.18. The van der Waals surface area contributed by atoms with Gasteiger partial charge in [0.05, 0.1) is 11.5 Å². The van der Waals surface area contributed by atoms with E-state index in [1.165, 1.54) is 25.7 Å². The van der Waals surface area contributed by atoms with Gasteiger partial charge >= 0.3 is 0 Å². The number of aliphatic hydroxyl groups is 1. The highest BCUT2D eigenvalue weighted by molar-refractivity contribution is 6.32. The van der Waals surface area contributed by atoms with Gasteiger partial charge in [-0.1, -0.05) is 13.8 Å². The molecular formula is C19H29ClO2. The number of carbonyl (C=O) groups excluding carboxylic acids is 1. The van der Waals surface area contributed by atoms with Crippen LogP contribution in [0.4, 0.5) is 0 Å². The zero-order valence-electron chi connectivity index (χ0n) is 13.9. The van der Waals surface area contributed by atoms with Gasteiger partial charge < -0.3 is 5.11 Å². The van der Waals surface area contributed by atoms with E-state index >= 15 is 0 Å². The van der Waals surface area contributed by atoms with Crippen LogP contribution in [0.2, 0.25) is 0 Å². The Balaban J connectivity index is 1.64. The normalized spacial score (nSPS) is 57.9. The maximum absolute atomic E-state index is 12.6. The molecule has 4 saturated carbocycles. The molecule has 0 aromatic carbocycles. The first-order valence-electron chi connectivity index (χ1n) is 9.23. The Morgan fingerprint density at radius 3 is 2.59 bits per heavy atom. The van der Waals surface area contributed by atoms with Crippen molar-refractivity contribution in [2.45, 2.75) is 76.7 Å². The Morgan fingerprint density at radius 2 is 1.82 bits per heavy atom. The van der Waals surface area contributed by atoms with Gasteiger partial charge in [-0.15, -0.1) is 11.6 Å². The van der Waals surface area contributed by atoms with E-state index in [4.69, 9.17) is 11.6 Å². The topological polar surface area (TPSA) is 37.3 Å². The molecule has 3 heteroatoms. The summed E-state index contributed by atoms with van der Waals surface area (Å²) in [5.41, 5.74) is 0.238. The molecule has 4 rings (SSSR count). The summed E-state index contributed by atoms with van der Waals surface area (Å²) in [5.74, 6) is 2.94. The average Bonchev–Trinajstić information content (AvgIpc) is 2.72. The zero-order valence-corrected chi connectivity index (χ0v) is 14.6. The van der Waals surface area contributed by atoms with Crippen LogP contribution >= 0.6 is 11.6 Å². The molecule has 1 N–H and O–H groups in total. The van der Waals surface area contributed by atoms with Crippen molar-refractivity contribution < 1.29 is 9.90 Å². The van der Waals surface area contributed by atoms with Crippen LogP contribution in [0.15, 0.2) is 0 Å². The van der Waals surface area contributed by atoms with E-state index in [0.29, 0.717) is 29.0 Å². The summed E-state index contributed by atoms with van der Waals surface area (Å²) in [4.78, 5) is 12.6. The lowest BCUT2D eigenvalue weighted by Gasteiger charge is -2.60. The van der Waals surface area contributed by atoms with E-state index in [2.05, 4.69) is 13.8 Å². The first-order chi connectivity index (χ1) is 10.4. The van der Waals surface area contributed by atoms with Gasteiger partial charge in [0.25, 0.3) is 0 Å². The number of hydrogen-bond acceptors (Lipinski definition) is 2. The van der Waals surface area contributed by atoms with Crippen molar-refractivity contribution in [3.8, 4) is 0 Å². The number of aliphatic hydroxyl groups excluding tert-OH is 1. The van der Waals surface area contributed by atoms with E-state index in [9.17, 15) is 9.90 Å². The molecule has 0 radical (unpaired) electrons. The second kappa shape index (κ2) is 4.96. The molecule has 0 heterocycles. The van der Waals surface area contributed by atoms with Crippen LogP contribution in [0.3, 0.4) is 0 Å². The molecule has 2 nitrogen and oxygen atoms in total. The summed E-state index contributed by atoms with van der Waals surface area (Å²) in [7, 11) is 0. The number of rotatable bonds is 0. The molecule has 0 amide bonds. The summed E-state index contributed by atoms with van der Waals surface area (Å²) in [6, 6.07) is 0. The van der Waals surface area contributed by atoms with E-state index in [1.54, 1.807) is 0 Å². The number of carbonyl (C=O) groups is 1. The average molecular weight is 325 g/mol. The SMILES string of the molecule is C[C@]12CC[C@H](O)CC1CC[C@@H]1[C@@H]2CC[C@]2(C)C(=O)C(Cl)C[C@@H]12. The molecular weight excluding hydrogens is 296 g/mol. The van der Waals surface area contributed by atoms with Crippen LogP contribution in [-0.2, 0) is 4.79 Å². The minimum atomic E-state index is -0.243. The zero-order chi connectivity index (χ0) is 15.7. The van der Waals surface area contributed by atoms with Gasteiger partial charge in [-0.25, -0.2) is 0 Å². The van der Waals surface area contributed by atoms with Gasteiger partial charge in [-0.3, -0.25) is 4.79 Å². The van der Waals surface area contributed by atoms with E-state index < -0.39 is 0 Å². The molecule has 22 heavy (non-hydrogen) atoms. The molecule has 2 unspecified atom stereocenters. The molecule has 4 aliphatic carbocycles. The minimum absolute atomic E-state index is 0.0799. The monoisotopic (exact) mass is 324 g/mol. The fourth-order valence-corrected chi connectivity index (χ4v) is 7.43. The summed E-state index contributed by atoms with van der Waals surface area (Å²) < 4.78 is 0. The van der Waals surface area contributed by atoms with Gasteiger partial charge in [0, 0.05) is 5.41 Å². The third-order valence-corrected chi connectivity index (χ3v) is 8.71. The second-order valence-corrected chi connectivity index (χ2v) is 9.64. The molecule has 8 atom stereocenters. The van der Waals surface area contributed by atoms with Crippen LogP contribution in [-0.4, -0.2) is 22.4 Å². The van der Waals surface area contributed by atoms with Crippen molar-refractivity contribution in [2.24, 2.45) is 34.5 Å². The molecule has 0 saturated heterocycles. The lowest BCUT2D eigenvalue weighted by Crippen LogP contribution is -2.54. The van der Waals surface area contributed by atoms with Crippen molar-refractivity contribution in [2.75, 3.05) is 0 Å². The van der Waals surface area contributed by atoms with Crippen molar-refractivity contribution in [3.63, 3.8) is 0 Å². The summed E-state index contributed by atoms with van der Waals surface area (Å²) in [5, 5.41) is 9.81. The lowest BCUT2D eigenvalue weighted by atomic mass is 9.45. The highest BCUT2D eigenvalue weighted by Crippen LogP contribution is 2.65. The third-order valence-electron chi connectivity index (χ3n) is 8.34. The van der Waals surface area contributed by atoms with Gasteiger partial charge in [-0.05, 0) is 80.5 Å². The highest BCUT2D eigenvalue weighted by Gasteiger charge is 2.62. The minimum Gasteiger partial charge on any atom is -0.393 e. The maximum Gasteiger partial charge on any atom is 0.156 e. The Hall–Kier alpha value is -0.0800. The highest BCUT2D eigenvalue weighted by atomic mass is 35.5. The standard InChI is InChI=1S/C19H29ClO2/c1-18-7-5-12(21)9-11(18)3-4-13-14(18)6-8-19(2)15(13)10-16(20)17(19)22/h11-16,21H,3-10H2,1-2H3/t11?,12-,13+,14-,15-,16?,18-,19-/m0/s1. The van der Waals surface area contributed by atoms with E-state index in [-0.39, 0.29) is 16.9 Å². The van der Waals surface area contributed by atoms with Crippen LogP contribution in [0, 0.1) is 34.5 Å². The third kappa shape index (κ3) is 1.92. The Kier molecular flexibility index (Phi) is 3.48. The van der Waals surface area contributed by atoms with Gasteiger partial charge in [0.2, 0.25) is 0 Å². The second-order valence-electron chi connectivity index (χ2n) is 9.11. The van der Waals surface area contributed by atoms with Gasteiger partial charge in [0.1, 0.15) is 0 Å². The quantitative estimate of drug-likeness (QED) is 0.679. The Morgan fingerprint density at radius 1 is 1.05 bits per heavy atom. The lowest BCUT2D eigenvalue weighted by molar-refractivity contribution is -0.142. The molecule has 0 spiro atoms. The van der Waals surface area contributed by atoms with E-state index in [0.717, 1.165) is 31.6 Å². The molecule has 4 fully saturated rings. The largest absolute Gasteiger partial charge is 0.393 e. The van der Waals surface area contributed by atoms with Gasteiger partial charge in [-0.2, -0.15) is 0 Å². The molecule has 0 aromatic rings. The number of hydrogen-bond donors (Lipinski definition) is 1. The smallest absolute Gasteiger partial charge is 0.156 e. The van der Waals surface area contributed by atoms with Crippen LogP contribution in [0.1, 0.15) is 65.2 Å². The van der Waals surface area contributed by atoms with Gasteiger partial charge in [0.15, 0.2) is 5.78 Å². The number of Topliss-reactive ketones (excluding diaryl/α,β-unsaturated/α-hetero) is 1. The number of ketones is 1. The molecule has 124 valence electrons. The molecule has 0 bridgehead atoms. The fourth-order valence-electron chi connectivity index (χ4n) is 6.98. The number of fused-ring (bicyclic) bond motifs is 5. The number of halogens is 1. The Labute approximate surface area is 139 Å². The van der Waals surface area contributed by atoms with Crippen molar-refractivity contribution in [1.82, 2.24) is 0 Å². The maximum atomic E-state index is 12.6. The van der Waals surface area contributed by atoms with Crippen LogP contribution in [0.25, 0.3) is 0 Å². The molecule has 4 aliphatic rings. The summed E-state index contributed by atoms with van der Waals surface area (Å²) in [6.07, 6.45) is 8.67. The predicted molar refractivity (Wildman–Crippen MR) is 87.8 cm³/mol. The van der Waals surface area contributed by atoms with Crippen molar-refractivity contribution in [1.29, 1.82) is 0 Å². The first-order valence-corrected chi connectivity index (χ1v) is 9.66. The van der Waals surface area contributed by atoms with E-state index in [1.807, 2.05) is 0 Å².